The summed E-state index contributed by atoms with van der Waals surface area (Å²) in [6.45, 7) is 5.08. The van der Waals surface area contributed by atoms with Crippen molar-refractivity contribution in [3.8, 4) is 5.75 Å². The number of carbonyl (C=O) groups is 2. The van der Waals surface area contributed by atoms with E-state index >= 15 is 0 Å². The molecule has 0 spiro atoms. The van der Waals surface area contributed by atoms with Crippen molar-refractivity contribution in [1.29, 1.82) is 0 Å². The van der Waals surface area contributed by atoms with E-state index in [1.54, 1.807) is 50.4 Å². The third-order valence-corrected chi connectivity index (χ3v) is 10.2. The zero-order chi connectivity index (χ0) is 31.9. The second-order valence-electron chi connectivity index (χ2n) is 11.4. The average Bonchev–Trinajstić information content (AvgIpc) is 3.01. The van der Waals surface area contributed by atoms with Crippen LogP contribution in [0.3, 0.4) is 0 Å². The van der Waals surface area contributed by atoms with Crippen molar-refractivity contribution in [2.75, 3.05) is 18.0 Å². The maximum atomic E-state index is 14.4. The molecule has 0 saturated heterocycles. The van der Waals surface area contributed by atoms with Gasteiger partial charge in [0.05, 0.1) is 17.7 Å². The standard InChI is InChI=1S/C34H42ClN3O5S/c1-5-31(34(40)36-28-11-7-6-8-12-28)37(22-26-10-9-13-29(20-26)43-4)33(39)23-38(32-21-27(35)17-16-25(32)3)44(41,42)30-18-14-24(2)15-19-30/h9-10,13-21,28,31H,5-8,11-12,22-23H2,1-4H3,(H,36,40). The van der Waals surface area contributed by atoms with Crippen LogP contribution in [0, 0.1) is 13.8 Å². The predicted molar refractivity (Wildman–Crippen MR) is 175 cm³/mol. The zero-order valence-corrected chi connectivity index (χ0v) is 27.5. The highest BCUT2D eigenvalue weighted by molar-refractivity contribution is 7.92. The lowest BCUT2D eigenvalue weighted by atomic mass is 9.95. The predicted octanol–water partition coefficient (Wildman–Crippen LogP) is 6.42. The van der Waals surface area contributed by atoms with Gasteiger partial charge in [-0.25, -0.2) is 8.42 Å². The van der Waals surface area contributed by atoms with Crippen LogP contribution in [-0.4, -0.2) is 50.9 Å². The number of nitrogens with one attached hydrogen (secondary N) is 1. The van der Waals surface area contributed by atoms with Gasteiger partial charge >= 0.3 is 0 Å². The van der Waals surface area contributed by atoms with Crippen molar-refractivity contribution >= 4 is 39.1 Å². The van der Waals surface area contributed by atoms with Crippen LogP contribution in [0.2, 0.25) is 5.02 Å². The summed E-state index contributed by atoms with van der Waals surface area (Å²) >= 11 is 6.34. The van der Waals surface area contributed by atoms with Crippen molar-refractivity contribution < 1.29 is 22.7 Å². The number of rotatable bonds is 12. The molecule has 0 radical (unpaired) electrons. The molecule has 1 aliphatic rings. The molecule has 1 fully saturated rings. The molecule has 1 saturated carbocycles. The average molecular weight is 640 g/mol. The number of ether oxygens (including phenoxy) is 1. The Morgan fingerprint density at radius 1 is 1.00 bits per heavy atom. The molecule has 1 unspecified atom stereocenters. The number of anilines is 1. The lowest BCUT2D eigenvalue weighted by Gasteiger charge is -2.35. The summed E-state index contributed by atoms with van der Waals surface area (Å²) in [7, 11) is -2.63. The molecular formula is C34H42ClN3O5S. The van der Waals surface area contributed by atoms with Gasteiger partial charge < -0.3 is 15.0 Å². The third-order valence-electron chi connectivity index (χ3n) is 8.15. The van der Waals surface area contributed by atoms with Crippen molar-refractivity contribution in [2.24, 2.45) is 0 Å². The fourth-order valence-corrected chi connectivity index (χ4v) is 7.27. The molecule has 2 amide bonds. The summed E-state index contributed by atoms with van der Waals surface area (Å²) in [5.41, 5.74) is 2.60. The monoisotopic (exact) mass is 639 g/mol. The van der Waals surface area contributed by atoms with Crippen molar-refractivity contribution in [3.05, 3.63) is 88.4 Å². The van der Waals surface area contributed by atoms with Gasteiger partial charge in [0.1, 0.15) is 18.3 Å². The van der Waals surface area contributed by atoms with Crippen LogP contribution in [0.1, 0.15) is 62.1 Å². The summed E-state index contributed by atoms with van der Waals surface area (Å²) in [5, 5.41) is 3.51. The number of benzene rings is 3. The number of hydrogen-bond donors (Lipinski definition) is 1. The first kappa shape index (κ1) is 33.3. The van der Waals surface area contributed by atoms with Crippen molar-refractivity contribution in [3.63, 3.8) is 0 Å². The first-order chi connectivity index (χ1) is 21.0. The topological polar surface area (TPSA) is 96.0 Å². The van der Waals surface area contributed by atoms with Crippen LogP contribution in [0.25, 0.3) is 0 Å². The van der Waals surface area contributed by atoms with Gasteiger partial charge in [0.2, 0.25) is 11.8 Å². The molecule has 0 aliphatic heterocycles. The second kappa shape index (κ2) is 14.9. The van der Waals surface area contributed by atoms with E-state index in [0.29, 0.717) is 28.4 Å². The molecular weight excluding hydrogens is 598 g/mol. The first-order valence-corrected chi connectivity index (χ1v) is 16.9. The molecule has 0 aromatic heterocycles. The molecule has 236 valence electrons. The van der Waals surface area contributed by atoms with Crippen LogP contribution >= 0.6 is 11.6 Å². The minimum atomic E-state index is -4.19. The highest BCUT2D eigenvalue weighted by atomic mass is 35.5. The number of nitrogens with zero attached hydrogens (tertiary/aromatic N) is 2. The van der Waals surface area contributed by atoms with E-state index in [9.17, 15) is 18.0 Å². The first-order valence-electron chi connectivity index (χ1n) is 15.1. The smallest absolute Gasteiger partial charge is 0.264 e. The third kappa shape index (κ3) is 8.12. The van der Waals surface area contributed by atoms with E-state index in [1.165, 1.54) is 17.0 Å². The maximum Gasteiger partial charge on any atom is 0.264 e. The number of aryl methyl sites for hydroxylation is 2. The highest BCUT2D eigenvalue weighted by Crippen LogP contribution is 2.30. The molecule has 0 bridgehead atoms. The lowest BCUT2D eigenvalue weighted by Crippen LogP contribution is -2.54. The Bertz CT molecular complexity index is 1560. The molecule has 0 heterocycles. The largest absolute Gasteiger partial charge is 0.497 e. The number of carbonyl (C=O) groups excluding carboxylic acids is 2. The van der Waals surface area contributed by atoms with Gasteiger partial charge in [-0.05, 0) is 80.6 Å². The zero-order valence-electron chi connectivity index (χ0n) is 25.9. The molecule has 3 aromatic rings. The molecule has 44 heavy (non-hydrogen) atoms. The molecule has 1 N–H and O–H groups in total. The van der Waals surface area contributed by atoms with Gasteiger partial charge in [0, 0.05) is 17.6 Å². The Morgan fingerprint density at radius 3 is 2.36 bits per heavy atom. The van der Waals surface area contributed by atoms with Crippen LogP contribution < -0.4 is 14.4 Å². The molecule has 3 aromatic carbocycles. The van der Waals surface area contributed by atoms with Gasteiger partial charge in [-0.1, -0.05) is 73.7 Å². The number of amides is 2. The van der Waals surface area contributed by atoms with Crippen LogP contribution in [0.4, 0.5) is 5.69 Å². The van der Waals surface area contributed by atoms with Crippen molar-refractivity contribution in [1.82, 2.24) is 10.2 Å². The maximum absolute atomic E-state index is 14.4. The number of hydrogen-bond acceptors (Lipinski definition) is 5. The second-order valence-corrected chi connectivity index (χ2v) is 13.7. The van der Waals surface area contributed by atoms with E-state index < -0.39 is 28.5 Å². The number of methoxy groups -OCH3 is 1. The van der Waals surface area contributed by atoms with Gasteiger partial charge in [0.15, 0.2) is 0 Å². The van der Waals surface area contributed by atoms with E-state index in [1.807, 2.05) is 32.0 Å². The van der Waals surface area contributed by atoms with Gasteiger partial charge in [0.25, 0.3) is 10.0 Å². The van der Waals surface area contributed by atoms with Crippen LogP contribution in [-0.2, 0) is 26.2 Å². The number of sulfonamides is 1. The van der Waals surface area contributed by atoms with E-state index in [4.69, 9.17) is 16.3 Å². The van der Waals surface area contributed by atoms with E-state index in [0.717, 1.165) is 47.5 Å². The summed E-state index contributed by atoms with van der Waals surface area (Å²) in [4.78, 5) is 29.7. The Hall–Kier alpha value is -3.56. The SMILES string of the molecule is CCC(C(=O)NC1CCCCC1)N(Cc1cccc(OC)c1)C(=O)CN(c1cc(Cl)ccc1C)S(=O)(=O)c1ccc(C)cc1. The molecule has 1 atom stereocenters. The number of halogens is 1. The summed E-state index contributed by atoms with van der Waals surface area (Å²) in [6, 6.07) is 18.0. The lowest BCUT2D eigenvalue weighted by molar-refractivity contribution is -0.140. The molecule has 4 rings (SSSR count). The Morgan fingerprint density at radius 2 is 1.70 bits per heavy atom. The minimum Gasteiger partial charge on any atom is -0.497 e. The minimum absolute atomic E-state index is 0.0525. The summed E-state index contributed by atoms with van der Waals surface area (Å²) in [6.07, 6.45) is 5.43. The van der Waals surface area contributed by atoms with E-state index in [2.05, 4.69) is 5.32 Å². The van der Waals surface area contributed by atoms with Gasteiger partial charge in [-0.3, -0.25) is 13.9 Å². The molecule has 8 nitrogen and oxygen atoms in total. The molecule has 10 heteroatoms. The van der Waals surface area contributed by atoms with Crippen LogP contribution in [0.5, 0.6) is 5.75 Å². The fourth-order valence-electron chi connectivity index (χ4n) is 5.63. The quantitative estimate of drug-likeness (QED) is 0.247. The summed E-state index contributed by atoms with van der Waals surface area (Å²) < 4.78 is 34.8. The Labute approximate surface area is 266 Å². The summed E-state index contributed by atoms with van der Waals surface area (Å²) in [5.74, 6) is -0.121. The van der Waals surface area contributed by atoms with Crippen LogP contribution in [0.15, 0.2) is 71.6 Å². The Balaban J connectivity index is 1.75. The fraction of sp³-hybridized carbons (Fsp3) is 0.412. The highest BCUT2D eigenvalue weighted by Gasteiger charge is 2.35. The Kier molecular flexibility index (Phi) is 11.3. The van der Waals surface area contributed by atoms with Gasteiger partial charge in [-0.15, -0.1) is 0 Å². The van der Waals surface area contributed by atoms with Crippen molar-refractivity contribution in [2.45, 2.75) is 82.8 Å². The molecule has 1 aliphatic carbocycles. The van der Waals surface area contributed by atoms with E-state index in [-0.39, 0.29) is 23.4 Å². The normalized spacial score (nSPS) is 14.5. The van der Waals surface area contributed by atoms with Gasteiger partial charge in [-0.2, -0.15) is 0 Å².